The van der Waals surface area contributed by atoms with Crippen LogP contribution in [0.4, 0.5) is 11.4 Å². The number of carbonyl (C=O) groups excluding carboxylic acids is 1. The van der Waals surface area contributed by atoms with Crippen molar-refractivity contribution in [3.8, 4) is 6.07 Å². The number of nitriles is 1. The van der Waals surface area contributed by atoms with Crippen molar-refractivity contribution in [2.24, 2.45) is 0 Å². The number of amides is 1. The number of hydrogen-bond acceptors (Lipinski definition) is 4. The Kier molecular flexibility index (Phi) is 4.15. The second-order valence-corrected chi connectivity index (χ2v) is 5.00. The Morgan fingerprint density at radius 1 is 1.52 bits per heavy atom. The number of rotatable bonds is 3. The summed E-state index contributed by atoms with van der Waals surface area (Å²) in [6.45, 7) is 3.63. The zero-order chi connectivity index (χ0) is 15.6. The number of hydrogen-bond donors (Lipinski definition) is 2. The quantitative estimate of drug-likeness (QED) is 0.908. The predicted molar refractivity (Wildman–Crippen MR) is 80.9 cm³/mol. The molecule has 0 bridgehead atoms. The van der Waals surface area contributed by atoms with E-state index in [1.54, 1.807) is 26.0 Å². The molecule has 0 spiro atoms. The molecule has 0 saturated carbocycles. The maximum atomic E-state index is 12.0. The summed E-state index contributed by atoms with van der Waals surface area (Å²) in [5.41, 5.74) is 8.73. The molecule has 0 aliphatic rings. The van der Waals surface area contributed by atoms with E-state index in [4.69, 9.17) is 22.6 Å². The minimum Gasteiger partial charge on any atom is -0.396 e. The zero-order valence-corrected chi connectivity index (χ0v) is 12.4. The summed E-state index contributed by atoms with van der Waals surface area (Å²) in [6.07, 6.45) is 0. The van der Waals surface area contributed by atoms with Crippen LogP contribution in [0.25, 0.3) is 0 Å². The molecule has 21 heavy (non-hydrogen) atoms. The van der Waals surface area contributed by atoms with E-state index in [1.165, 1.54) is 10.7 Å². The van der Waals surface area contributed by atoms with Gasteiger partial charge in [0, 0.05) is 0 Å². The molecule has 0 radical (unpaired) electrons. The highest BCUT2D eigenvalue weighted by Gasteiger charge is 2.12. The molecule has 3 N–H and O–H groups in total. The maximum Gasteiger partial charge on any atom is 0.246 e. The highest BCUT2D eigenvalue weighted by Crippen LogP contribution is 2.23. The minimum absolute atomic E-state index is 0.0419. The molecule has 2 rings (SSSR count). The van der Waals surface area contributed by atoms with Crippen LogP contribution in [0.5, 0.6) is 0 Å². The first-order valence-electron chi connectivity index (χ1n) is 6.21. The van der Waals surface area contributed by atoms with E-state index in [-0.39, 0.29) is 12.5 Å². The van der Waals surface area contributed by atoms with Gasteiger partial charge in [0.15, 0.2) is 0 Å². The Morgan fingerprint density at radius 2 is 2.24 bits per heavy atom. The normalized spacial score (nSPS) is 10.2. The van der Waals surface area contributed by atoms with Gasteiger partial charge in [0.05, 0.1) is 39.4 Å². The topological polar surface area (TPSA) is 96.7 Å². The summed E-state index contributed by atoms with van der Waals surface area (Å²) in [7, 11) is 0. The van der Waals surface area contributed by atoms with Gasteiger partial charge in [-0.1, -0.05) is 11.6 Å². The molecule has 1 aromatic carbocycles. The summed E-state index contributed by atoms with van der Waals surface area (Å²) >= 11 is 6.01. The lowest BCUT2D eigenvalue weighted by atomic mass is 10.2. The van der Waals surface area contributed by atoms with Crippen molar-refractivity contribution in [3.05, 3.63) is 40.2 Å². The third kappa shape index (κ3) is 3.15. The fourth-order valence-electron chi connectivity index (χ4n) is 1.88. The monoisotopic (exact) mass is 303 g/mol. The molecule has 2 aromatic rings. The number of nitrogen functional groups attached to an aromatic ring is 1. The van der Waals surface area contributed by atoms with Crippen LogP contribution in [-0.2, 0) is 11.3 Å². The average Bonchev–Trinajstić information content (AvgIpc) is 2.68. The van der Waals surface area contributed by atoms with Crippen molar-refractivity contribution in [1.82, 2.24) is 9.78 Å². The van der Waals surface area contributed by atoms with Gasteiger partial charge >= 0.3 is 0 Å². The van der Waals surface area contributed by atoms with Crippen molar-refractivity contribution in [3.63, 3.8) is 0 Å². The molecular weight excluding hydrogens is 290 g/mol. The Balaban J connectivity index is 2.12. The first-order valence-corrected chi connectivity index (χ1v) is 6.59. The van der Waals surface area contributed by atoms with Gasteiger partial charge in [-0.3, -0.25) is 9.48 Å². The molecule has 108 valence electrons. The van der Waals surface area contributed by atoms with E-state index in [0.717, 1.165) is 5.69 Å². The van der Waals surface area contributed by atoms with Crippen LogP contribution in [0.1, 0.15) is 17.0 Å². The van der Waals surface area contributed by atoms with Crippen LogP contribution < -0.4 is 11.1 Å². The Morgan fingerprint density at radius 3 is 2.76 bits per heavy atom. The molecule has 0 aliphatic heterocycles. The van der Waals surface area contributed by atoms with E-state index in [9.17, 15) is 4.79 Å². The Hall–Kier alpha value is -2.52. The third-order valence-electron chi connectivity index (χ3n) is 3.10. The zero-order valence-electron chi connectivity index (χ0n) is 11.6. The number of aryl methyl sites for hydroxylation is 1. The molecule has 0 atom stereocenters. The lowest BCUT2D eigenvalue weighted by Crippen LogP contribution is -2.20. The summed E-state index contributed by atoms with van der Waals surface area (Å²) in [6, 6.07) is 6.66. The van der Waals surface area contributed by atoms with Crippen LogP contribution in [0.2, 0.25) is 5.02 Å². The number of nitrogens with two attached hydrogens (primary N) is 1. The highest BCUT2D eigenvalue weighted by atomic mass is 35.5. The number of aromatic nitrogens is 2. The number of carbonyl (C=O) groups is 1. The largest absolute Gasteiger partial charge is 0.396 e. The van der Waals surface area contributed by atoms with Crippen LogP contribution in [0.3, 0.4) is 0 Å². The van der Waals surface area contributed by atoms with Crippen LogP contribution >= 0.6 is 11.6 Å². The number of benzene rings is 1. The van der Waals surface area contributed by atoms with Gasteiger partial charge in [-0.25, -0.2) is 0 Å². The highest BCUT2D eigenvalue weighted by molar-refractivity contribution is 6.33. The summed E-state index contributed by atoms with van der Waals surface area (Å²) < 4.78 is 1.54. The lowest BCUT2D eigenvalue weighted by Gasteiger charge is -2.08. The summed E-state index contributed by atoms with van der Waals surface area (Å²) in [4.78, 5) is 12.0. The fourth-order valence-corrected chi connectivity index (χ4v) is 2.10. The molecule has 6 nitrogen and oxygen atoms in total. The standard InChI is InChI=1S/C14H14ClN5O/c1-8-14(17)9(2)20(19-8)7-13(21)18-12-4-3-10(6-16)5-11(12)15/h3-5H,7,17H2,1-2H3,(H,18,21). The average molecular weight is 304 g/mol. The van der Waals surface area contributed by atoms with Gasteiger partial charge in [-0.05, 0) is 32.0 Å². The predicted octanol–water partition coefficient (Wildman–Crippen LogP) is 2.25. The second-order valence-electron chi connectivity index (χ2n) is 4.60. The smallest absolute Gasteiger partial charge is 0.246 e. The van der Waals surface area contributed by atoms with Gasteiger partial charge < -0.3 is 11.1 Å². The molecule has 0 saturated heterocycles. The lowest BCUT2D eigenvalue weighted by molar-refractivity contribution is -0.116. The SMILES string of the molecule is Cc1nn(CC(=O)Nc2ccc(C#N)cc2Cl)c(C)c1N. The molecule has 1 heterocycles. The van der Waals surface area contributed by atoms with Crippen molar-refractivity contribution in [2.45, 2.75) is 20.4 Å². The number of nitrogens with one attached hydrogen (secondary N) is 1. The summed E-state index contributed by atoms with van der Waals surface area (Å²) in [5.74, 6) is -0.271. The van der Waals surface area contributed by atoms with E-state index in [1.807, 2.05) is 6.07 Å². The van der Waals surface area contributed by atoms with Crippen molar-refractivity contribution < 1.29 is 4.79 Å². The second kappa shape index (κ2) is 5.85. The van der Waals surface area contributed by atoms with Crippen molar-refractivity contribution >= 4 is 28.9 Å². The Labute approximate surface area is 127 Å². The van der Waals surface area contributed by atoms with Gasteiger partial charge in [-0.2, -0.15) is 10.4 Å². The molecule has 1 aromatic heterocycles. The van der Waals surface area contributed by atoms with Gasteiger partial charge in [0.2, 0.25) is 5.91 Å². The molecule has 1 amide bonds. The van der Waals surface area contributed by atoms with Crippen LogP contribution in [0, 0.1) is 25.2 Å². The third-order valence-corrected chi connectivity index (χ3v) is 3.42. The van der Waals surface area contributed by atoms with Gasteiger partial charge in [-0.15, -0.1) is 0 Å². The molecule has 7 heteroatoms. The fraction of sp³-hybridized carbons (Fsp3) is 0.214. The van der Waals surface area contributed by atoms with Gasteiger partial charge in [0.1, 0.15) is 6.54 Å². The van der Waals surface area contributed by atoms with E-state index >= 15 is 0 Å². The molecule has 0 aliphatic carbocycles. The van der Waals surface area contributed by atoms with Crippen LogP contribution in [0.15, 0.2) is 18.2 Å². The number of halogens is 1. The number of anilines is 2. The Bertz CT molecular complexity index is 745. The first-order chi connectivity index (χ1) is 9.92. The summed E-state index contributed by atoms with van der Waals surface area (Å²) in [5, 5.41) is 16.0. The molecule has 0 unspecified atom stereocenters. The van der Waals surface area contributed by atoms with Gasteiger partial charge in [0.25, 0.3) is 0 Å². The maximum absolute atomic E-state index is 12.0. The minimum atomic E-state index is -0.271. The molecular formula is C14H14ClN5O. The van der Waals surface area contributed by atoms with E-state index < -0.39 is 0 Å². The molecule has 0 fully saturated rings. The van der Waals surface area contributed by atoms with Crippen molar-refractivity contribution in [1.29, 1.82) is 5.26 Å². The van der Waals surface area contributed by atoms with E-state index in [2.05, 4.69) is 10.4 Å². The number of nitrogens with zero attached hydrogens (tertiary/aromatic N) is 3. The van der Waals surface area contributed by atoms with Crippen molar-refractivity contribution in [2.75, 3.05) is 11.1 Å². The first kappa shape index (κ1) is 14.9. The van der Waals surface area contributed by atoms with Crippen LogP contribution in [-0.4, -0.2) is 15.7 Å². The van der Waals surface area contributed by atoms with E-state index in [0.29, 0.717) is 27.7 Å².